The maximum absolute atomic E-state index is 12.8. The van der Waals surface area contributed by atoms with Crippen LogP contribution in [0.15, 0.2) is 97.6 Å². The van der Waals surface area contributed by atoms with Crippen LogP contribution in [0.2, 0.25) is 0 Å². The van der Waals surface area contributed by atoms with Crippen LogP contribution >= 0.6 is 0 Å². The Morgan fingerprint density at radius 1 is 0.969 bits per heavy atom. The Balaban J connectivity index is 1.42. The molecule has 2 N–H and O–H groups in total. The lowest BCUT2D eigenvalue weighted by Crippen LogP contribution is -2.48. The van der Waals surface area contributed by atoms with Gasteiger partial charge in [-0.15, -0.1) is 0 Å². The van der Waals surface area contributed by atoms with Crippen LogP contribution in [0.5, 0.6) is 0 Å². The van der Waals surface area contributed by atoms with E-state index in [9.17, 15) is 9.59 Å². The second kappa shape index (κ2) is 10.2. The molecule has 0 aliphatic heterocycles. The first-order valence-electron chi connectivity index (χ1n) is 10.4. The van der Waals surface area contributed by atoms with Gasteiger partial charge in [0.15, 0.2) is 0 Å². The molecule has 2 amide bonds. The Hall–Kier alpha value is -4.19. The number of carbonyl (C=O) groups excluding carboxylic acids is 2. The van der Waals surface area contributed by atoms with E-state index in [4.69, 9.17) is 0 Å². The van der Waals surface area contributed by atoms with E-state index in [2.05, 4.69) is 15.6 Å². The van der Waals surface area contributed by atoms with Crippen molar-refractivity contribution in [3.63, 3.8) is 0 Å². The minimum atomic E-state index is -0.735. The molecule has 0 saturated heterocycles. The highest BCUT2D eigenvalue weighted by Gasteiger charge is 2.20. The van der Waals surface area contributed by atoms with Gasteiger partial charge in [0, 0.05) is 25.0 Å². The molecule has 0 saturated carbocycles. The molecule has 160 valence electrons. The second-order valence-corrected chi connectivity index (χ2v) is 7.46. The third-order valence-corrected chi connectivity index (χ3v) is 5.10. The molecule has 1 aromatic heterocycles. The molecule has 4 aromatic rings. The standard InChI is InChI=1S/C26H24N4O2/c31-25(13-11-20-10-12-22-8-4-5-9-23(22)16-20)29-24(18-30-15-14-27-19-30)26(32)28-17-21-6-2-1-3-7-21/h1-16,19,24H,17-18H2,(H,28,32)(H,29,31)/b13-11+. The van der Waals surface area contributed by atoms with E-state index in [1.54, 1.807) is 29.4 Å². The highest BCUT2D eigenvalue weighted by molar-refractivity contribution is 5.96. The zero-order chi connectivity index (χ0) is 22.2. The summed E-state index contributed by atoms with van der Waals surface area (Å²) in [5.41, 5.74) is 1.91. The van der Waals surface area contributed by atoms with E-state index in [1.165, 1.54) is 6.08 Å². The summed E-state index contributed by atoms with van der Waals surface area (Å²) in [5.74, 6) is -0.590. The smallest absolute Gasteiger partial charge is 0.244 e. The van der Waals surface area contributed by atoms with Gasteiger partial charge in [-0.3, -0.25) is 9.59 Å². The van der Waals surface area contributed by atoms with Gasteiger partial charge < -0.3 is 15.2 Å². The van der Waals surface area contributed by atoms with Crippen molar-refractivity contribution in [3.8, 4) is 0 Å². The third kappa shape index (κ3) is 5.70. The molecular weight excluding hydrogens is 400 g/mol. The third-order valence-electron chi connectivity index (χ3n) is 5.10. The summed E-state index contributed by atoms with van der Waals surface area (Å²) >= 11 is 0. The van der Waals surface area contributed by atoms with Gasteiger partial charge in [-0.05, 0) is 34.0 Å². The van der Waals surface area contributed by atoms with E-state index in [-0.39, 0.29) is 18.4 Å². The Kier molecular flexibility index (Phi) is 6.72. The molecule has 3 aromatic carbocycles. The minimum Gasteiger partial charge on any atom is -0.350 e. The van der Waals surface area contributed by atoms with Crippen molar-refractivity contribution >= 4 is 28.7 Å². The van der Waals surface area contributed by atoms with Gasteiger partial charge >= 0.3 is 0 Å². The fraction of sp³-hybridized carbons (Fsp3) is 0.115. The molecule has 0 spiro atoms. The quantitative estimate of drug-likeness (QED) is 0.425. The molecule has 0 aliphatic carbocycles. The molecule has 1 atom stereocenters. The van der Waals surface area contributed by atoms with Gasteiger partial charge in [-0.1, -0.05) is 66.7 Å². The molecule has 0 fully saturated rings. The van der Waals surface area contributed by atoms with Crippen LogP contribution in [0.1, 0.15) is 11.1 Å². The van der Waals surface area contributed by atoms with Crippen LogP contribution in [-0.2, 0) is 22.7 Å². The predicted molar refractivity (Wildman–Crippen MR) is 125 cm³/mol. The fourth-order valence-corrected chi connectivity index (χ4v) is 3.41. The Morgan fingerprint density at radius 2 is 1.75 bits per heavy atom. The maximum Gasteiger partial charge on any atom is 0.244 e. The molecule has 6 nitrogen and oxygen atoms in total. The Bertz CT molecular complexity index is 1220. The monoisotopic (exact) mass is 424 g/mol. The molecule has 4 rings (SSSR count). The summed E-state index contributed by atoms with van der Waals surface area (Å²) in [5, 5.41) is 7.96. The largest absolute Gasteiger partial charge is 0.350 e. The minimum absolute atomic E-state index is 0.255. The molecule has 32 heavy (non-hydrogen) atoms. The van der Waals surface area contributed by atoms with Crippen molar-refractivity contribution < 1.29 is 9.59 Å². The lowest BCUT2D eigenvalue weighted by Gasteiger charge is -2.18. The lowest BCUT2D eigenvalue weighted by molar-refractivity contribution is -0.127. The van der Waals surface area contributed by atoms with Crippen molar-refractivity contribution in [2.24, 2.45) is 0 Å². The van der Waals surface area contributed by atoms with Gasteiger partial charge in [-0.25, -0.2) is 4.98 Å². The zero-order valence-electron chi connectivity index (χ0n) is 17.5. The molecular formula is C26H24N4O2. The van der Waals surface area contributed by atoms with E-state index in [0.29, 0.717) is 6.54 Å². The summed E-state index contributed by atoms with van der Waals surface area (Å²) in [4.78, 5) is 29.4. The molecule has 1 heterocycles. The fourth-order valence-electron chi connectivity index (χ4n) is 3.41. The highest BCUT2D eigenvalue weighted by atomic mass is 16.2. The highest BCUT2D eigenvalue weighted by Crippen LogP contribution is 2.16. The summed E-state index contributed by atoms with van der Waals surface area (Å²) in [6.45, 7) is 0.680. The van der Waals surface area contributed by atoms with Crippen LogP contribution in [0, 0.1) is 0 Å². The number of fused-ring (bicyclic) bond motifs is 1. The topological polar surface area (TPSA) is 76.0 Å². The molecule has 0 radical (unpaired) electrons. The number of aromatic nitrogens is 2. The maximum atomic E-state index is 12.8. The van der Waals surface area contributed by atoms with Crippen molar-refractivity contribution in [2.45, 2.75) is 19.1 Å². The van der Waals surface area contributed by atoms with Crippen molar-refractivity contribution in [2.75, 3.05) is 0 Å². The van der Waals surface area contributed by atoms with Crippen LogP contribution in [0.25, 0.3) is 16.8 Å². The van der Waals surface area contributed by atoms with Gasteiger partial charge in [0.25, 0.3) is 0 Å². The number of hydrogen-bond acceptors (Lipinski definition) is 3. The first-order chi connectivity index (χ1) is 15.7. The number of rotatable bonds is 8. The van der Waals surface area contributed by atoms with E-state index < -0.39 is 6.04 Å². The predicted octanol–water partition coefficient (Wildman–Crippen LogP) is 3.55. The lowest BCUT2D eigenvalue weighted by atomic mass is 10.1. The van der Waals surface area contributed by atoms with Gasteiger partial charge in [0.2, 0.25) is 11.8 Å². The first-order valence-corrected chi connectivity index (χ1v) is 10.4. The van der Waals surface area contributed by atoms with Crippen LogP contribution in [0.3, 0.4) is 0 Å². The first kappa shape index (κ1) is 21.1. The molecule has 0 aliphatic rings. The van der Waals surface area contributed by atoms with E-state index in [1.807, 2.05) is 72.8 Å². The summed E-state index contributed by atoms with van der Waals surface area (Å²) in [6.07, 6.45) is 8.22. The van der Waals surface area contributed by atoms with Gasteiger partial charge in [-0.2, -0.15) is 0 Å². The molecule has 0 bridgehead atoms. The van der Waals surface area contributed by atoms with Gasteiger partial charge in [0.1, 0.15) is 6.04 Å². The number of imidazole rings is 1. The Labute approximate surface area is 186 Å². The SMILES string of the molecule is O=C(/C=C/c1ccc2ccccc2c1)NC(Cn1ccnc1)C(=O)NCc1ccccc1. The van der Waals surface area contributed by atoms with Crippen LogP contribution in [-0.4, -0.2) is 27.4 Å². The number of benzene rings is 3. The van der Waals surface area contributed by atoms with E-state index >= 15 is 0 Å². The van der Waals surface area contributed by atoms with E-state index in [0.717, 1.165) is 21.9 Å². The number of amides is 2. The van der Waals surface area contributed by atoms with Gasteiger partial charge in [0.05, 0.1) is 12.9 Å². The number of nitrogens with one attached hydrogen (secondary N) is 2. The van der Waals surface area contributed by atoms with Crippen LogP contribution < -0.4 is 10.6 Å². The summed E-state index contributed by atoms with van der Waals surface area (Å²) in [7, 11) is 0. The summed E-state index contributed by atoms with van der Waals surface area (Å²) in [6, 6.07) is 23.0. The van der Waals surface area contributed by atoms with Crippen molar-refractivity contribution in [1.29, 1.82) is 0 Å². The van der Waals surface area contributed by atoms with Crippen molar-refractivity contribution in [1.82, 2.24) is 20.2 Å². The molecule has 1 unspecified atom stereocenters. The Morgan fingerprint density at radius 3 is 2.53 bits per heavy atom. The average Bonchev–Trinajstić information content (AvgIpc) is 3.34. The van der Waals surface area contributed by atoms with Crippen molar-refractivity contribution in [3.05, 3.63) is 109 Å². The summed E-state index contributed by atoms with van der Waals surface area (Å²) < 4.78 is 1.76. The van der Waals surface area contributed by atoms with Crippen LogP contribution in [0.4, 0.5) is 0 Å². The average molecular weight is 425 g/mol. The normalized spacial score (nSPS) is 12.0. The molecule has 6 heteroatoms. The number of carbonyl (C=O) groups is 2. The zero-order valence-corrected chi connectivity index (χ0v) is 17.5. The second-order valence-electron chi connectivity index (χ2n) is 7.46. The number of nitrogens with zero attached hydrogens (tertiary/aromatic N) is 2. The number of hydrogen-bond donors (Lipinski definition) is 2.